The van der Waals surface area contributed by atoms with Crippen LogP contribution in [0.2, 0.25) is 0 Å². The highest BCUT2D eigenvalue weighted by Gasteiger charge is 2.28. The fourth-order valence-electron chi connectivity index (χ4n) is 1.88. The number of hydrogen-bond acceptors (Lipinski definition) is 4. The molecule has 122 valence electrons. The number of likely N-dealkylation sites (N-methyl/N-ethyl adjacent to an activating group) is 1. The fraction of sp³-hybridized carbons (Fsp3) is 1.00. The topological polar surface area (TPSA) is 52.7 Å². The summed E-state index contributed by atoms with van der Waals surface area (Å²) in [6, 6.07) is 0. The summed E-state index contributed by atoms with van der Waals surface area (Å²) in [4.78, 5) is 2.02. The predicted octanol–water partition coefficient (Wildman–Crippen LogP) is 1.22. The Labute approximate surface area is 125 Å². The Hall–Kier alpha value is -0.170. The van der Waals surface area contributed by atoms with Gasteiger partial charge in [0.25, 0.3) is 0 Å². The van der Waals surface area contributed by atoms with E-state index < -0.39 is 10.0 Å². The van der Waals surface area contributed by atoms with Crippen LogP contribution in [0.25, 0.3) is 0 Å². The molecule has 0 amide bonds. The van der Waals surface area contributed by atoms with Crippen LogP contribution >= 0.6 is 0 Å². The van der Waals surface area contributed by atoms with Gasteiger partial charge in [0.1, 0.15) is 0 Å². The lowest BCUT2D eigenvalue weighted by Gasteiger charge is -2.28. The van der Waals surface area contributed by atoms with E-state index in [0.717, 1.165) is 19.5 Å². The summed E-state index contributed by atoms with van der Waals surface area (Å²) in [7, 11) is 0.701. The van der Waals surface area contributed by atoms with Crippen LogP contribution in [-0.4, -0.2) is 69.7 Å². The first-order chi connectivity index (χ1) is 9.21. The lowest BCUT2D eigenvalue weighted by atomic mass is 10.2. The van der Waals surface area contributed by atoms with Gasteiger partial charge < -0.3 is 10.2 Å². The molecule has 0 spiro atoms. The Morgan fingerprint density at radius 1 is 1.10 bits per heavy atom. The van der Waals surface area contributed by atoms with E-state index in [9.17, 15) is 8.42 Å². The second-order valence-electron chi connectivity index (χ2n) is 6.11. The minimum Gasteiger partial charge on any atom is -0.315 e. The number of rotatable bonds is 11. The molecule has 0 radical (unpaired) electrons. The summed E-state index contributed by atoms with van der Waals surface area (Å²) in [5.74, 6) is 0.336. The normalized spacial score (nSPS) is 14.4. The van der Waals surface area contributed by atoms with Gasteiger partial charge in [0, 0.05) is 26.2 Å². The van der Waals surface area contributed by atoms with Crippen LogP contribution in [0.1, 0.15) is 34.1 Å². The maximum atomic E-state index is 12.6. The van der Waals surface area contributed by atoms with E-state index in [1.165, 1.54) is 0 Å². The third-order valence-electron chi connectivity index (χ3n) is 3.09. The van der Waals surface area contributed by atoms with Crippen LogP contribution in [0.4, 0.5) is 0 Å². The van der Waals surface area contributed by atoms with E-state index in [1.807, 2.05) is 19.0 Å². The number of nitrogens with one attached hydrogen (secondary N) is 1. The summed E-state index contributed by atoms with van der Waals surface area (Å²) >= 11 is 0. The van der Waals surface area contributed by atoms with Crippen LogP contribution < -0.4 is 5.32 Å². The van der Waals surface area contributed by atoms with Gasteiger partial charge in [-0.15, -0.1) is 0 Å². The summed E-state index contributed by atoms with van der Waals surface area (Å²) in [6.07, 6.45) is 1.02. The minimum absolute atomic E-state index is 0.336. The van der Waals surface area contributed by atoms with Gasteiger partial charge in [-0.1, -0.05) is 20.8 Å². The highest BCUT2D eigenvalue weighted by Crippen LogP contribution is 2.11. The molecule has 0 aromatic rings. The molecule has 0 aromatic heterocycles. The molecule has 0 heterocycles. The first-order valence-corrected chi connectivity index (χ1v) is 9.06. The van der Waals surface area contributed by atoms with Crippen molar-refractivity contribution in [3.8, 4) is 0 Å². The Morgan fingerprint density at radius 2 is 1.70 bits per heavy atom. The van der Waals surface area contributed by atoms with Crippen molar-refractivity contribution in [2.24, 2.45) is 5.92 Å². The molecular formula is C14H33N3O2S. The summed E-state index contributed by atoms with van der Waals surface area (Å²) < 4.78 is 26.9. The van der Waals surface area contributed by atoms with Gasteiger partial charge in [0.05, 0.1) is 5.25 Å². The first kappa shape index (κ1) is 19.8. The Bertz CT molecular complexity index is 342. The largest absolute Gasteiger partial charge is 0.315 e. The molecule has 20 heavy (non-hydrogen) atoms. The first-order valence-electron chi connectivity index (χ1n) is 7.56. The molecule has 0 aliphatic rings. The number of sulfonamides is 1. The number of nitrogens with zero attached hydrogens (tertiary/aromatic N) is 2. The van der Waals surface area contributed by atoms with Gasteiger partial charge in [0.15, 0.2) is 0 Å². The predicted molar refractivity (Wildman–Crippen MR) is 86.5 cm³/mol. The Balaban J connectivity index is 4.73. The molecule has 0 aromatic carbocycles. The second-order valence-corrected chi connectivity index (χ2v) is 8.47. The fourth-order valence-corrected chi connectivity index (χ4v) is 3.56. The lowest BCUT2D eigenvalue weighted by Crippen LogP contribution is -2.45. The van der Waals surface area contributed by atoms with Crippen LogP contribution in [0, 0.1) is 5.92 Å². The molecule has 6 heteroatoms. The van der Waals surface area contributed by atoms with Crippen molar-refractivity contribution in [3.63, 3.8) is 0 Å². The Kier molecular flexibility index (Phi) is 9.63. The molecule has 0 aliphatic heterocycles. The van der Waals surface area contributed by atoms with Crippen LogP contribution in [-0.2, 0) is 10.0 Å². The molecular weight excluding hydrogens is 274 g/mol. The van der Waals surface area contributed by atoms with Gasteiger partial charge in [-0.2, -0.15) is 0 Å². The highest BCUT2D eigenvalue weighted by atomic mass is 32.2. The van der Waals surface area contributed by atoms with Gasteiger partial charge in [-0.25, -0.2) is 12.7 Å². The van der Waals surface area contributed by atoms with Gasteiger partial charge in [-0.3, -0.25) is 0 Å². The molecule has 1 N–H and O–H groups in total. The van der Waals surface area contributed by atoms with E-state index in [2.05, 4.69) is 26.1 Å². The van der Waals surface area contributed by atoms with Crippen LogP contribution in [0.3, 0.4) is 0 Å². The van der Waals surface area contributed by atoms with E-state index in [0.29, 0.717) is 25.6 Å². The molecule has 0 aliphatic carbocycles. The highest BCUT2D eigenvalue weighted by molar-refractivity contribution is 7.89. The van der Waals surface area contributed by atoms with Crippen LogP contribution in [0.15, 0.2) is 0 Å². The summed E-state index contributed by atoms with van der Waals surface area (Å²) in [5, 5.41) is 2.82. The quantitative estimate of drug-likeness (QED) is 0.583. The van der Waals surface area contributed by atoms with Crippen molar-refractivity contribution in [1.29, 1.82) is 0 Å². The van der Waals surface area contributed by atoms with Gasteiger partial charge >= 0.3 is 0 Å². The Morgan fingerprint density at radius 3 is 2.15 bits per heavy atom. The maximum absolute atomic E-state index is 12.6. The molecule has 0 rings (SSSR count). The molecule has 1 atom stereocenters. The maximum Gasteiger partial charge on any atom is 0.218 e. The second kappa shape index (κ2) is 9.71. The molecule has 0 bridgehead atoms. The molecule has 0 saturated heterocycles. The van der Waals surface area contributed by atoms with E-state index in [-0.39, 0.29) is 5.25 Å². The molecule has 0 fully saturated rings. The standard InChI is InChI=1S/C14H33N3O2S/c1-7-8-15-11-14(4)20(18,19)17(12-13(2)3)10-9-16(5)6/h13-15H,7-12H2,1-6H3. The molecule has 1 unspecified atom stereocenters. The van der Waals surface area contributed by atoms with Crippen LogP contribution in [0.5, 0.6) is 0 Å². The summed E-state index contributed by atoms with van der Waals surface area (Å²) in [5.41, 5.74) is 0. The van der Waals surface area contributed by atoms with Crippen molar-refractivity contribution in [2.75, 3.05) is 46.8 Å². The third kappa shape index (κ3) is 7.57. The smallest absolute Gasteiger partial charge is 0.218 e. The summed E-state index contributed by atoms with van der Waals surface area (Å²) in [6.45, 7) is 11.3. The molecule has 0 saturated carbocycles. The van der Waals surface area contributed by atoms with Gasteiger partial charge in [-0.05, 0) is 39.9 Å². The third-order valence-corrected chi connectivity index (χ3v) is 5.33. The van der Waals surface area contributed by atoms with E-state index in [1.54, 1.807) is 11.2 Å². The zero-order valence-electron chi connectivity index (χ0n) is 14.0. The number of hydrogen-bond donors (Lipinski definition) is 1. The lowest BCUT2D eigenvalue weighted by molar-refractivity contribution is 0.310. The van der Waals surface area contributed by atoms with Crippen molar-refractivity contribution in [3.05, 3.63) is 0 Å². The van der Waals surface area contributed by atoms with Crippen molar-refractivity contribution < 1.29 is 8.42 Å². The monoisotopic (exact) mass is 307 g/mol. The SMILES string of the molecule is CCCNCC(C)S(=O)(=O)N(CCN(C)C)CC(C)C. The van der Waals surface area contributed by atoms with E-state index >= 15 is 0 Å². The average molecular weight is 308 g/mol. The molecule has 5 nitrogen and oxygen atoms in total. The van der Waals surface area contributed by atoms with Gasteiger partial charge in [0.2, 0.25) is 10.0 Å². The van der Waals surface area contributed by atoms with Crippen molar-refractivity contribution in [1.82, 2.24) is 14.5 Å². The average Bonchev–Trinajstić information content (AvgIpc) is 2.33. The van der Waals surface area contributed by atoms with Crippen molar-refractivity contribution >= 4 is 10.0 Å². The zero-order chi connectivity index (χ0) is 15.8. The zero-order valence-corrected chi connectivity index (χ0v) is 14.8. The van der Waals surface area contributed by atoms with Crippen molar-refractivity contribution in [2.45, 2.75) is 39.4 Å². The van der Waals surface area contributed by atoms with E-state index in [4.69, 9.17) is 0 Å². The minimum atomic E-state index is -3.23.